The number of fused-ring (bicyclic) bond motifs is 2. The molecular formula is C28H35N5O. The SMILES string of the molecule is Cc1c(-c2[nH]c3ccc(C4CCN(C5CCOCC5)CC4)cc3c2C(C)C)ccc2nncn12. The summed E-state index contributed by atoms with van der Waals surface area (Å²) in [6.45, 7) is 11.0. The van der Waals surface area contributed by atoms with Gasteiger partial charge in [-0.05, 0) is 92.9 Å². The van der Waals surface area contributed by atoms with E-state index in [0.29, 0.717) is 11.8 Å². The number of benzene rings is 1. The number of hydrogen-bond donors (Lipinski definition) is 1. The van der Waals surface area contributed by atoms with E-state index in [1.54, 1.807) is 6.33 Å². The Hall–Kier alpha value is -2.70. The molecule has 0 radical (unpaired) electrons. The van der Waals surface area contributed by atoms with Crippen molar-refractivity contribution in [2.24, 2.45) is 0 Å². The number of aromatic amines is 1. The molecule has 0 amide bonds. The van der Waals surface area contributed by atoms with Crippen LogP contribution in [0.1, 0.15) is 68.2 Å². The molecule has 6 heteroatoms. The Bertz CT molecular complexity index is 1310. The third kappa shape index (κ3) is 3.73. The lowest BCUT2D eigenvalue weighted by atomic mass is 9.86. The molecule has 1 aromatic carbocycles. The molecule has 0 spiro atoms. The number of H-pyrrole nitrogens is 1. The largest absolute Gasteiger partial charge is 0.381 e. The van der Waals surface area contributed by atoms with Crippen LogP contribution in [-0.2, 0) is 4.74 Å². The summed E-state index contributed by atoms with van der Waals surface area (Å²) in [5.41, 5.74) is 8.63. The third-order valence-corrected chi connectivity index (χ3v) is 8.14. The van der Waals surface area contributed by atoms with Gasteiger partial charge in [0.1, 0.15) is 6.33 Å². The van der Waals surface area contributed by atoms with Crippen LogP contribution in [0.25, 0.3) is 27.8 Å². The van der Waals surface area contributed by atoms with Gasteiger partial charge < -0.3 is 14.6 Å². The molecule has 2 saturated heterocycles. The minimum atomic E-state index is 0.422. The van der Waals surface area contributed by atoms with Gasteiger partial charge in [-0.25, -0.2) is 0 Å². The Morgan fingerprint density at radius 3 is 2.59 bits per heavy atom. The predicted molar refractivity (Wildman–Crippen MR) is 136 cm³/mol. The number of nitrogens with one attached hydrogen (secondary N) is 1. The van der Waals surface area contributed by atoms with Crippen LogP contribution in [0.3, 0.4) is 0 Å². The normalized spacial score (nSPS) is 19.1. The van der Waals surface area contributed by atoms with Crippen LogP contribution in [0.2, 0.25) is 0 Å². The highest BCUT2D eigenvalue weighted by atomic mass is 16.5. The van der Waals surface area contributed by atoms with Gasteiger partial charge in [0, 0.05) is 41.4 Å². The molecule has 6 nitrogen and oxygen atoms in total. The van der Waals surface area contributed by atoms with Gasteiger partial charge in [0.25, 0.3) is 0 Å². The molecule has 2 aliphatic rings. The molecule has 3 aromatic heterocycles. The monoisotopic (exact) mass is 457 g/mol. The lowest BCUT2D eigenvalue weighted by molar-refractivity contribution is 0.0252. The number of piperidine rings is 1. The second-order valence-corrected chi connectivity index (χ2v) is 10.4. The van der Waals surface area contributed by atoms with Gasteiger partial charge in [-0.1, -0.05) is 19.9 Å². The number of pyridine rings is 1. The van der Waals surface area contributed by atoms with Crippen LogP contribution in [0.5, 0.6) is 0 Å². The summed E-state index contributed by atoms with van der Waals surface area (Å²) in [5.74, 6) is 1.07. The van der Waals surface area contributed by atoms with Crippen molar-refractivity contribution in [3.05, 3.63) is 53.5 Å². The average Bonchev–Trinajstić information content (AvgIpc) is 3.50. The van der Waals surface area contributed by atoms with Crippen molar-refractivity contribution in [2.45, 2.75) is 64.3 Å². The molecule has 0 saturated carbocycles. The van der Waals surface area contributed by atoms with E-state index >= 15 is 0 Å². The van der Waals surface area contributed by atoms with E-state index in [1.807, 2.05) is 0 Å². The molecule has 0 aliphatic carbocycles. The first-order valence-corrected chi connectivity index (χ1v) is 12.9. The van der Waals surface area contributed by atoms with Crippen LogP contribution in [0, 0.1) is 6.92 Å². The standard InChI is InChI=1S/C28H35N5O/c1-18(2)27-24-16-21(20-8-12-32(13-9-20)22-10-14-34-15-11-22)4-6-25(24)30-28(27)23-5-7-26-31-29-17-33(26)19(23)3/h4-7,16-18,20,22,30H,8-15H2,1-3H3. The molecule has 6 rings (SSSR count). The second-order valence-electron chi connectivity index (χ2n) is 10.4. The zero-order valence-corrected chi connectivity index (χ0v) is 20.6. The summed E-state index contributed by atoms with van der Waals surface area (Å²) >= 11 is 0. The average molecular weight is 458 g/mol. The fraction of sp³-hybridized carbons (Fsp3) is 0.500. The van der Waals surface area contributed by atoms with Crippen molar-refractivity contribution < 1.29 is 4.74 Å². The van der Waals surface area contributed by atoms with Crippen LogP contribution >= 0.6 is 0 Å². The van der Waals surface area contributed by atoms with E-state index in [2.05, 4.69) is 75.6 Å². The van der Waals surface area contributed by atoms with Gasteiger partial charge in [0.2, 0.25) is 0 Å². The summed E-state index contributed by atoms with van der Waals surface area (Å²) in [4.78, 5) is 6.48. The molecule has 4 aromatic rings. The predicted octanol–water partition coefficient (Wildman–Crippen LogP) is 5.67. The fourth-order valence-electron chi connectivity index (χ4n) is 6.23. The highest BCUT2D eigenvalue weighted by Gasteiger charge is 2.28. The molecule has 5 heterocycles. The summed E-state index contributed by atoms with van der Waals surface area (Å²) in [7, 11) is 0. The van der Waals surface area contributed by atoms with Crippen LogP contribution in [0.4, 0.5) is 0 Å². The summed E-state index contributed by atoms with van der Waals surface area (Å²) < 4.78 is 7.65. The van der Waals surface area contributed by atoms with Crippen molar-refractivity contribution in [1.82, 2.24) is 24.5 Å². The zero-order valence-electron chi connectivity index (χ0n) is 20.6. The minimum Gasteiger partial charge on any atom is -0.381 e. The molecule has 178 valence electrons. The smallest absolute Gasteiger partial charge is 0.160 e. The van der Waals surface area contributed by atoms with Crippen molar-refractivity contribution in [3.8, 4) is 11.3 Å². The molecule has 0 bridgehead atoms. The molecule has 0 atom stereocenters. The van der Waals surface area contributed by atoms with Crippen molar-refractivity contribution in [2.75, 3.05) is 26.3 Å². The first-order valence-electron chi connectivity index (χ1n) is 12.9. The Labute approximate surface area is 201 Å². The van der Waals surface area contributed by atoms with E-state index in [4.69, 9.17) is 4.74 Å². The van der Waals surface area contributed by atoms with E-state index in [-0.39, 0.29) is 0 Å². The topological polar surface area (TPSA) is 58.5 Å². The van der Waals surface area contributed by atoms with Gasteiger partial charge in [-0.15, -0.1) is 10.2 Å². The third-order valence-electron chi connectivity index (χ3n) is 8.14. The number of likely N-dealkylation sites (tertiary alicyclic amines) is 1. The number of nitrogens with zero attached hydrogens (tertiary/aromatic N) is 4. The Morgan fingerprint density at radius 2 is 1.82 bits per heavy atom. The lowest BCUT2D eigenvalue weighted by Crippen LogP contribution is -2.43. The molecule has 2 aliphatic heterocycles. The van der Waals surface area contributed by atoms with Gasteiger partial charge in [0.15, 0.2) is 5.65 Å². The first kappa shape index (κ1) is 21.8. The van der Waals surface area contributed by atoms with Crippen molar-refractivity contribution in [3.63, 3.8) is 0 Å². The molecule has 1 N–H and O–H groups in total. The number of ether oxygens (including phenoxy) is 1. The molecule has 34 heavy (non-hydrogen) atoms. The Morgan fingerprint density at radius 1 is 1.03 bits per heavy atom. The molecule has 2 fully saturated rings. The number of aromatic nitrogens is 4. The molecule has 0 unspecified atom stereocenters. The quantitative estimate of drug-likeness (QED) is 0.429. The highest BCUT2D eigenvalue weighted by molar-refractivity contribution is 5.92. The van der Waals surface area contributed by atoms with E-state index in [9.17, 15) is 0 Å². The van der Waals surface area contributed by atoms with Gasteiger partial charge >= 0.3 is 0 Å². The van der Waals surface area contributed by atoms with Crippen LogP contribution in [0.15, 0.2) is 36.7 Å². The van der Waals surface area contributed by atoms with Crippen LogP contribution < -0.4 is 0 Å². The van der Waals surface area contributed by atoms with Gasteiger partial charge in [-0.2, -0.15) is 0 Å². The summed E-state index contributed by atoms with van der Waals surface area (Å²) in [6, 6.07) is 12.1. The van der Waals surface area contributed by atoms with Gasteiger partial charge in [-0.3, -0.25) is 4.40 Å². The zero-order chi connectivity index (χ0) is 23.2. The van der Waals surface area contributed by atoms with Gasteiger partial charge in [0.05, 0.1) is 5.69 Å². The van der Waals surface area contributed by atoms with E-state index < -0.39 is 0 Å². The Balaban J connectivity index is 1.32. The van der Waals surface area contributed by atoms with E-state index in [1.165, 1.54) is 72.1 Å². The summed E-state index contributed by atoms with van der Waals surface area (Å²) in [6.07, 6.45) is 6.69. The van der Waals surface area contributed by atoms with Crippen molar-refractivity contribution >= 4 is 16.6 Å². The molecular weight excluding hydrogens is 422 g/mol. The highest BCUT2D eigenvalue weighted by Crippen LogP contribution is 2.39. The van der Waals surface area contributed by atoms with Crippen LogP contribution in [-0.4, -0.2) is 56.8 Å². The Kier molecular flexibility index (Phi) is 5.66. The fourth-order valence-corrected chi connectivity index (χ4v) is 6.23. The number of rotatable bonds is 4. The maximum absolute atomic E-state index is 5.57. The lowest BCUT2D eigenvalue weighted by Gasteiger charge is -2.39. The minimum absolute atomic E-state index is 0.422. The number of hydrogen-bond acceptors (Lipinski definition) is 4. The maximum Gasteiger partial charge on any atom is 0.160 e. The van der Waals surface area contributed by atoms with Crippen molar-refractivity contribution in [1.29, 1.82) is 0 Å². The second kappa shape index (κ2) is 8.82. The maximum atomic E-state index is 5.57. The first-order chi connectivity index (χ1) is 16.6. The van der Waals surface area contributed by atoms with E-state index in [0.717, 1.165) is 30.6 Å². The summed E-state index contributed by atoms with van der Waals surface area (Å²) in [5, 5.41) is 9.67. The number of aryl methyl sites for hydroxylation is 1.